The maximum Gasteiger partial charge on any atom is 0.412 e. The molecule has 59 heavy (non-hydrogen) atoms. The minimum atomic E-state index is -1.81. The van der Waals surface area contributed by atoms with Crippen LogP contribution >= 0.6 is 11.6 Å². The van der Waals surface area contributed by atoms with Crippen LogP contribution in [0.4, 0.5) is 42.5 Å². The molecule has 7 rings (SSSR count). The molecule has 7 aromatic rings. The van der Waals surface area contributed by atoms with Crippen molar-refractivity contribution in [1.29, 1.82) is 0 Å². The third kappa shape index (κ3) is 7.95. The van der Waals surface area contributed by atoms with Gasteiger partial charge in [-0.25, -0.2) is 41.1 Å². The van der Waals surface area contributed by atoms with Crippen molar-refractivity contribution in [2.75, 3.05) is 11.1 Å². The number of carbonyl (C=O) groups is 1. The fourth-order valence-corrected chi connectivity index (χ4v) is 6.37. The molecule has 0 radical (unpaired) electrons. The van der Waals surface area contributed by atoms with Gasteiger partial charge in [0.05, 0.1) is 50.5 Å². The number of hydrogen-bond acceptors (Lipinski definition) is 9. The number of nitrogens with two attached hydrogens (primary N) is 1. The summed E-state index contributed by atoms with van der Waals surface area (Å²) in [7, 11) is 0. The molecular weight excluding hydrogens is 808 g/mol. The van der Waals surface area contributed by atoms with Crippen molar-refractivity contribution in [3.05, 3.63) is 132 Å². The van der Waals surface area contributed by atoms with Gasteiger partial charge in [0.2, 0.25) is 0 Å². The van der Waals surface area contributed by atoms with Crippen molar-refractivity contribution in [1.82, 2.24) is 24.3 Å². The van der Waals surface area contributed by atoms with E-state index in [2.05, 4.69) is 20.4 Å². The highest BCUT2D eigenvalue weighted by Crippen LogP contribution is 2.32. The number of fused-ring (bicyclic) bond motifs is 2. The van der Waals surface area contributed by atoms with Gasteiger partial charge in [0.15, 0.2) is 45.8 Å². The van der Waals surface area contributed by atoms with E-state index in [9.17, 15) is 40.7 Å². The van der Waals surface area contributed by atoms with Crippen LogP contribution in [0.5, 0.6) is 0 Å². The molecule has 0 bridgehead atoms. The molecule has 1 amide bonds. The second-order valence-corrected chi connectivity index (χ2v) is 14.6. The number of benzene rings is 2. The van der Waals surface area contributed by atoms with Gasteiger partial charge >= 0.3 is 6.09 Å². The number of carbonyl (C=O) groups excluding carboxylic acids is 1. The van der Waals surface area contributed by atoms with Gasteiger partial charge in [-0.3, -0.25) is 24.0 Å². The summed E-state index contributed by atoms with van der Waals surface area (Å²) >= 11 is 5.91. The largest absolute Gasteiger partial charge is 0.444 e. The molecule has 12 nitrogen and oxygen atoms in total. The molecule has 2 aromatic carbocycles. The first kappa shape index (κ1) is 41.9. The van der Waals surface area contributed by atoms with E-state index in [1.165, 1.54) is 48.7 Å². The number of anilines is 2. The van der Waals surface area contributed by atoms with Crippen molar-refractivity contribution in [3.8, 4) is 22.6 Å². The Hall–Kier alpha value is -6.69. The number of aryl methyl sites for hydroxylation is 4. The Morgan fingerprint density at radius 1 is 0.746 bits per heavy atom. The minimum absolute atomic E-state index is 0.0105. The van der Waals surface area contributed by atoms with Gasteiger partial charge < -0.3 is 15.0 Å². The van der Waals surface area contributed by atoms with Crippen LogP contribution in [0.15, 0.2) is 62.6 Å². The van der Waals surface area contributed by atoms with Gasteiger partial charge in [0.25, 0.3) is 0 Å². The van der Waals surface area contributed by atoms with Gasteiger partial charge in [-0.15, -0.1) is 0 Å². The van der Waals surface area contributed by atoms with Crippen molar-refractivity contribution in [3.63, 3.8) is 0 Å². The number of aromatic nitrogens is 5. The maximum atomic E-state index is 14.7. The Morgan fingerprint density at radius 2 is 1.27 bits per heavy atom. The van der Waals surface area contributed by atoms with E-state index < -0.39 is 69.1 Å². The van der Waals surface area contributed by atoms with Crippen molar-refractivity contribution < 1.29 is 40.4 Å². The van der Waals surface area contributed by atoms with Crippen molar-refractivity contribution in [2.24, 2.45) is 0 Å². The summed E-state index contributed by atoms with van der Waals surface area (Å²) in [5.41, 5.74) is 3.93. The molecule has 0 aliphatic heterocycles. The van der Waals surface area contributed by atoms with Crippen molar-refractivity contribution >= 4 is 51.1 Å². The molecule has 306 valence electrons. The van der Waals surface area contributed by atoms with Crippen LogP contribution in [-0.4, -0.2) is 36.0 Å². The lowest BCUT2D eigenvalue weighted by Crippen LogP contribution is -2.27. The lowest BCUT2D eigenvalue weighted by atomic mass is 10.1. The van der Waals surface area contributed by atoms with Crippen LogP contribution in [0, 0.1) is 62.6 Å². The maximum absolute atomic E-state index is 14.7. The summed E-state index contributed by atoms with van der Waals surface area (Å²) in [6.07, 6.45) is -1.05. The lowest BCUT2D eigenvalue weighted by Gasteiger charge is -2.21. The number of nitrogens with zero attached hydrogens (tertiary/aromatic N) is 5. The van der Waals surface area contributed by atoms with E-state index in [-0.39, 0.29) is 49.7 Å². The molecule has 0 spiro atoms. The fourth-order valence-electron chi connectivity index (χ4n) is 6.22. The normalized spacial score (nSPS) is 11.5. The van der Waals surface area contributed by atoms with E-state index in [1.54, 1.807) is 40.7 Å². The topological polar surface area (TPSA) is 160 Å². The summed E-state index contributed by atoms with van der Waals surface area (Å²) in [5, 5.41) is 6.23. The fraction of sp³-hybridized carbons (Fsp3) is 0.200. The smallest absolute Gasteiger partial charge is 0.412 e. The van der Waals surface area contributed by atoms with Gasteiger partial charge in [-0.05, 0) is 84.9 Å². The molecular formula is C40H32ClF6N7O5. The first-order valence-electron chi connectivity index (χ1n) is 17.4. The summed E-state index contributed by atoms with van der Waals surface area (Å²) in [6, 6.07) is 10.2. The molecule has 0 atom stereocenters. The van der Waals surface area contributed by atoms with Crippen LogP contribution in [0.2, 0.25) is 5.15 Å². The first-order valence-corrected chi connectivity index (χ1v) is 17.7. The molecule has 5 aromatic heterocycles. The molecule has 5 heterocycles. The molecule has 0 saturated heterocycles. The third-order valence-electron chi connectivity index (χ3n) is 8.75. The number of ether oxygens (including phenoxy) is 1. The number of nitrogen functional groups attached to an aromatic ring is 1. The average Bonchev–Trinajstić information content (AvgIpc) is 3.49. The SMILES string of the molecule is Cc1cc(=O)c2ccc(Cl)nc2n1-c1cc(NC(=O)OC(C)(C)C)c(F)c(F)c1F.Cc1noc(C)c1-c1ccc2c(=O)cc(C)n(-c3cc(N)c(F)c(F)c3F)c2n1. The zero-order chi connectivity index (χ0) is 43.4. The monoisotopic (exact) mass is 839 g/mol. The van der Waals surface area contributed by atoms with E-state index in [4.69, 9.17) is 26.6 Å². The molecule has 0 aliphatic rings. The lowest BCUT2D eigenvalue weighted by molar-refractivity contribution is 0.0635. The zero-order valence-corrected chi connectivity index (χ0v) is 32.9. The third-order valence-corrected chi connectivity index (χ3v) is 8.96. The zero-order valence-electron chi connectivity index (χ0n) is 32.1. The number of hydrogen-bond donors (Lipinski definition) is 2. The summed E-state index contributed by atoms with van der Waals surface area (Å²) in [5.74, 6) is -9.04. The molecule has 0 saturated carbocycles. The van der Waals surface area contributed by atoms with Crippen LogP contribution in [0.1, 0.15) is 43.6 Å². The van der Waals surface area contributed by atoms with Gasteiger partial charge in [0.1, 0.15) is 27.8 Å². The number of halogens is 7. The first-order chi connectivity index (χ1) is 27.6. The standard InChI is InChI=1S/C20H17ClF3N3O3.C20H15F3N4O2/c1-9-7-13(28)10-5-6-14(21)26-18(10)27(9)12-8-11(15(22)17(24)16(12)23)25-19(29)30-20(2,3)4;1-8-6-15(28)11-4-5-13(16-9(2)26-29-10(16)3)25-20(11)27(8)14-7-12(24)17(21)19(23)18(14)22/h5-8H,1-4H3,(H,25,29);4-7H,24H2,1-3H3. The second-order valence-electron chi connectivity index (χ2n) is 14.2. The van der Waals surface area contributed by atoms with Crippen LogP contribution in [0.3, 0.4) is 0 Å². The van der Waals surface area contributed by atoms with E-state index >= 15 is 0 Å². The van der Waals surface area contributed by atoms with Crippen LogP contribution < -0.4 is 21.9 Å². The van der Waals surface area contributed by atoms with E-state index in [0.29, 0.717) is 22.7 Å². The van der Waals surface area contributed by atoms with Gasteiger partial charge in [-0.2, -0.15) is 0 Å². The highest BCUT2D eigenvalue weighted by Gasteiger charge is 2.26. The quantitative estimate of drug-likeness (QED) is 0.0763. The molecule has 3 N–H and O–H groups in total. The Kier molecular flexibility index (Phi) is 11.1. The number of pyridine rings is 4. The van der Waals surface area contributed by atoms with Crippen molar-refractivity contribution in [2.45, 2.75) is 54.1 Å². The average molecular weight is 840 g/mol. The van der Waals surface area contributed by atoms with Gasteiger partial charge in [0, 0.05) is 23.5 Å². The van der Waals surface area contributed by atoms with Gasteiger partial charge in [-0.1, -0.05) is 16.8 Å². The van der Waals surface area contributed by atoms with E-state index in [1.807, 2.05) is 0 Å². The Labute approximate surface area is 334 Å². The van der Waals surface area contributed by atoms with Crippen LogP contribution in [0.25, 0.3) is 44.7 Å². The number of nitrogens with one attached hydrogen (secondary N) is 1. The molecule has 0 unspecified atom stereocenters. The minimum Gasteiger partial charge on any atom is -0.444 e. The summed E-state index contributed by atoms with van der Waals surface area (Å²) in [4.78, 5) is 45.2. The molecule has 19 heteroatoms. The predicted octanol–water partition coefficient (Wildman–Crippen LogP) is 9.08. The highest BCUT2D eigenvalue weighted by atomic mass is 35.5. The number of amides is 1. The highest BCUT2D eigenvalue weighted by molar-refractivity contribution is 6.29. The van der Waals surface area contributed by atoms with E-state index in [0.717, 1.165) is 16.7 Å². The second kappa shape index (κ2) is 15.6. The number of rotatable bonds is 4. The molecule has 0 aliphatic carbocycles. The Balaban J connectivity index is 0.000000198. The predicted molar refractivity (Wildman–Crippen MR) is 208 cm³/mol. The summed E-state index contributed by atoms with van der Waals surface area (Å²) in [6.45, 7) is 11.2. The Morgan fingerprint density at radius 3 is 1.81 bits per heavy atom. The van der Waals surface area contributed by atoms with Crippen LogP contribution in [-0.2, 0) is 4.74 Å². The summed E-state index contributed by atoms with van der Waals surface area (Å²) < 4.78 is 98.2. The Bertz CT molecular complexity index is 2980. The molecule has 0 fully saturated rings.